The average molecular weight is 584 g/mol. The number of sulfonamides is 2. The van der Waals surface area contributed by atoms with Crippen molar-refractivity contribution < 1.29 is 26.4 Å². The number of halogens is 1. The van der Waals surface area contributed by atoms with Crippen LogP contribution in [-0.4, -0.2) is 94.7 Å². The van der Waals surface area contributed by atoms with E-state index >= 15 is 0 Å². The molecule has 2 fully saturated rings. The van der Waals surface area contributed by atoms with Crippen molar-refractivity contribution >= 4 is 54.8 Å². The predicted molar refractivity (Wildman–Crippen MR) is 145 cm³/mol. The van der Waals surface area contributed by atoms with Crippen LogP contribution in [0.15, 0.2) is 53.4 Å². The Hall–Kier alpha value is -2.55. The molecule has 0 aliphatic carbocycles. The van der Waals surface area contributed by atoms with Gasteiger partial charge in [0.1, 0.15) is 0 Å². The first kappa shape index (κ1) is 28.5. The quantitative estimate of drug-likeness (QED) is 0.502. The van der Waals surface area contributed by atoms with E-state index in [1.807, 2.05) is 7.05 Å². The van der Waals surface area contributed by atoms with Crippen molar-refractivity contribution in [2.45, 2.75) is 4.90 Å². The summed E-state index contributed by atoms with van der Waals surface area (Å²) < 4.78 is 52.8. The van der Waals surface area contributed by atoms with Gasteiger partial charge < -0.3 is 15.5 Å². The fourth-order valence-corrected chi connectivity index (χ4v) is 6.87. The summed E-state index contributed by atoms with van der Waals surface area (Å²) in [5.74, 6) is -2.92. The highest BCUT2D eigenvalue weighted by Gasteiger charge is 2.44. The fraction of sp³-hybridized carbons (Fsp3) is 0.417. The van der Waals surface area contributed by atoms with Crippen LogP contribution < -0.4 is 10.6 Å². The van der Waals surface area contributed by atoms with E-state index in [9.17, 15) is 26.4 Å². The minimum absolute atomic E-state index is 0.115. The second-order valence-corrected chi connectivity index (χ2v) is 13.9. The maximum absolute atomic E-state index is 13.2. The first-order chi connectivity index (χ1) is 17.8. The maximum atomic E-state index is 13.2. The molecular weight excluding hydrogens is 554 g/mol. The van der Waals surface area contributed by atoms with Gasteiger partial charge in [-0.05, 0) is 55.6 Å². The van der Waals surface area contributed by atoms with Crippen molar-refractivity contribution in [2.24, 2.45) is 11.8 Å². The number of rotatable bonds is 7. The third kappa shape index (κ3) is 6.53. The summed E-state index contributed by atoms with van der Waals surface area (Å²) in [4.78, 5) is 28.4. The van der Waals surface area contributed by atoms with Crippen molar-refractivity contribution in [3.8, 4) is 0 Å². The van der Waals surface area contributed by atoms with E-state index in [2.05, 4.69) is 15.5 Å². The van der Waals surface area contributed by atoms with Crippen LogP contribution in [0.1, 0.15) is 0 Å². The number of nitrogens with one attached hydrogen (secondary N) is 2. The van der Waals surface area contributed by atoms with Gasteiger partial charge in [0.15, 0.2) is 0 Å². The molecule has 2 N–H and O–H groups in total. The largest absolute Gasteiger partial charge is 0.326 e. The molecule has 4 rings (SSSR count). The number of carbonyl (C=O) groups excluding carboxylic acids is 2. The lowest BCUT2D eigenvalue weighted by molar-refractivity contribution is -0.127. The third-order valence-electron chi connectivity index (χ3n) is 6.76. The fourth-order valence-electron chi connectivity index (χ4n) is 4.46. The van der Waals surface area contributed by atoms with Crippen molar-refractivity contribution in [1.82, 2.24) is 13.5 Å². The number of hydrogen-bond donors (Lipinski definition) is 2. The molecule has 0 aromatic heterocycles. The van der Waals surface area contributed by atoms with Gasteiger partial charge >= 0.3 is 0 Å². The highest BCUT2D eigenvalue weighted by atomic mass is 35.5. The Balaban J connectivity index is 1.47. The molecule has 11 nitrogen and oxygen atoms in total. The SMILES string of the molecule is CN1CCN(S(=O)(=O)c2ccc(NC(=O)[C@H]3CN(S(C)(=O)=O)C[C@@H]3C(=O)Nc3ccc(Cl)cc3)cc2)CC1. The molecule has 38 heavy (non-hydrogen) atoms. The van der Waals surface area contributed by atoms with Gasteiger partial charge in [-0.2, -0.15) is 4.31 Å². The van der Waals surface area contributed by atoms with E-state index in [0.717, 1.165) is 10.6 Å². The molecule has 0 unspecified atom stereocenters. The van der Waals surface area contributed by atoms with Crippen LogP contribution in [0, 0.1) is 11.8 Å². The molecule has 0 bridgehead atoms. The number of nitrogens with zero attached hydrogens (tertiary/aromatic N) is 3. The van der Waals surface area contributed by atoms with E-state index in [1.54, 1.807) is 24.3 Å². The molecule has 0 saturated carbocycles. The summed E-state index contributed by atoms with van der Waals surface area (Å²) in [5.41, 5.74) is 0.801. The number of hydrogen-bond acceptors (Lipinski definition) is 7. The van der Waals surface area contributed by atoms with Crippen LogP contribution in [-0.2, 0) is 29.6 Å². The highest BCUT2D eigenvalue weighted by Crippen LogP contribution is 2.29. The molecule has 2 aromatic carbocycles. The minimum atomic E-state index is -3.66. The van der Waals surface area contributed by atoms with Crippen LogP contribution in [0.5, 0.6) is 0 Å². The number of amides is 2. The molecule has 2 aliphatic heterocycles. The normalized spacial score (nSPS) is 21.8. The summed E-state index contributed by atoms with van der Waals surface area (Å²) in [7, 11) is -5.37. The summed E-state index contributed by atoms with van der Waals surface area (Å²) in [6.45, 7) is 1.79. The molecule has 14 heteroatoms. The molecule has 206 valence electrons. The van der Waals surface area contributed by atoms with Gasteiger partial charge in [0.05, 0.1) is 23.0 Å². The lowest BCUT2D eigenvalue weighted by Gasteiger charge is -2.31. The summed E-state index contributed by atoms with van der Waals surface area (Å²) >= 11 is 5.89. The number of anilines is 2. The lowest BCUT2D eigenvalue weighted by atomic mass is 9.94. The zero-order chi connectivity index (χ0) is 27.7. The zero-order valence-corrected chi connectivity index (χ0v) is 23.4. The van der Waals surface area contributed by atoms with Crippen molar-refractivity contribution in [3.05, 3.63) is 53.6 Å². The zero-order valence-electron chi connectivity index (χ0n) is 21.0. The number of piperazine rings is 1. The topological polar surface area (TPSA) is 136 Å². The van der Waals surface area contributed by atoms with Crippen molar-refractivity contribution in [2.75, 3.05) is 63.2 Å². The Labute approximate surface area is 227 Å². The number of carbonyl (C=O) groups is 2. The molecule has 2 saturated heterocycles. The molecule has 0 radical (unpaired) electrons. The Bertz CT molecular complexity index is 1390. The number of likely N-dealkylation sites (N-methyl/N-ethyl adjacent to an activating group) is 1. The van der Waals surface area contributed by atoms with E-state index in [-0.39, 0.29) is 18.0 Å². The van der Waals surface area contributed by atoms with Crippen LogP contribution in [0.25, 0.3) is 0 Å². The molecule has 2 aromatic rings. The Morgan fingerprint density at radius 1 is 0.763 bits per heavy atom. The first-order valence-corrected chi connectivity index (χ1v) is 15.6. The van der Waals surface area contributed by atoms with Gasteiger partial charge in [0.2, 0.25) is 31.9 Å². The smallest absolute Gasteiger partial charge is 0.243 e. The molecule has 2 aliphatic rings. The van der Waals surface area contributed by atoms with Crippen LogP contribution in [0.4, 0.5) is 11.4 Å². The van der Waals surface area contributed by atoms with E-state index in [0.29, 0.717) is 42.6 Å². The van der Waals surface area contributed by atoms with Crippen molar-refractivity contribution in [1.29, 1.82) is 0 Å². The molecule has 2 atom stereocenters. The maximum Gasteiger partial charge on any atom is 0.243 e. The van der Waals surface area contributed by atoms with Gasteiger partial charge in [-0.1, -0.05) is 11.6 Å². The summed E-state index contributed by atoms with van der Waals surface area (Å²) in [6.07, 6.45) is 1.03. The predicted octanol–water partition coefficient (Wildman–Crippen LogP) is 1.36. The highest BCUT2D eigenvalue weighted by molar-refractivity contribution is 7.89. The summed E-state index contributed by atoms with van der Waals surface area (Å²) in [6, 6.07) is 12.2. The third-order valence-corrected chi connectivity index (χ3v) is 10.2. The second kappa shape index (κ2) is 11.3. The Kier molecular flexibility index (Phi) is 8.45. The van der Waals surface area contributed by atoms with E-state index < -0.39 is 43.7 Å². The van der Waals surface area contributed by atoms with Gasteiger partial charge in [-0.3, -0.25) is 9.59 Å². The van der Waals surface area contributed by atoms with Crippen LogP contribution in [0.3, 0.4) is 0 Å². The van der Waals surface area contributed by atoms with Gasteiger partial charge in [0.25, 0.3) is 0 Å². The molecule has 0 spiro atoms. The molecule has 2 amide bonds. The Morgan fingerprint density at radius 3 is 1.66 bits per heavy atom. The lowest BCUT2D eigenvalue weighted by Crippen LogP contribution is -2.46. The first-order valence-electron chi connectivity index (χ1n) is 12.0. The standard InChI is InChI=1S/C24H30ClN5O6S2/c1-28-11-13-29(14-12-28)38(35,36)20-9-7-19(8-10-20)27-24(32)22-16-30(37(2,33)34)15-21(22)23(31)26-18-5-3-17(25)4-6-18/h3-10,21-22H,11-16H2,1-2H3,(H,26,31)(H,27,32)/t21-,22-/m0/s1. The average Bonchev–Trinajstić information content (AvgIpc) is 3.33. The van der Waals surface area contributed by atoms with Gasteiger partial charge in [0, 0.05) is 55.7 Å². The Morgan fingerprint density at radius 2 is 1.21 bits per heavy atom. The number of benzene rings is 2. The second-order valence-electron chi connectivity index (χ2n) is 9.51. The molecule has 2 heterocycles. The van der Waals surface area contributed by atoms with Crippen LogP contribution >= 0.6 is 11.6 Å². The molecular formula is C24H30ClN5O6S2. The van der Waals surface area contributed by atoms with Gasteiger partial charge in [-0.25, -0.2) is 21.1 Å². The van der Waals surface area contributed by atoms with Crippen molar-refractivity contribution in [3.63, 3.8) is 0 Å². The monoisotopic (exact) mass is 583 g/mol. The minimum Gasteiger partial charge on any atom is -0.326 e. The summed E-state index contributed by atoms with van der Waals surface area (Å²) in [5, 5.41) is 5.91. The van der Waals surface area contributed by atoms with E-state index in [1.165, 1.54) is 28.6 Å². The van der Waals surface area contributed by atoms with E-state index in [4.69, 9.17) is 11.6 Å². The van der Waals surface area contributed by atoms with Gasteiger partial charge in [-0.15, -0.1) is 0 Å². The van der Waals surface area contributed by atoms with Crippen LogP contribution in [0.2, 0.25) is 5.02 Å².